The molecule has 166 valence electrons. The average molecular weight is 587 g/mol. The molecule has 0 bridgehead atoms. The topological polar surface area (TPSA) is 116 Å². The van der Waals surface area contributed by atoms with Crippen molar-refractivity contribution in [2.24, 2.45) is 5.73 Å². The molecule has 3 rings (SSSR count). The monoisotopic (exact) mass is 586 g/mol. The smallest absolute Gasteiger partial charge is 0.343 e. The molecule has 0 aromatic heterocycles. The van der Waals surface area contributed by atoms with E-state index in [1.807, 2.05) is 22.6 Å². The normalized spacial score (nSPS) is 14.7. The molecular weight excluding hydrogens is 571 g/mol. The molecule has 0 radical (unpaired) electrons. The van der Waals surface area contributed by atoms with Crippen molar-refractivity contribution in [3.8, 4) is 11.5 Å². The minimum absolute atomic E-state index is 0.139. The van der Waals surface area contributed by atoms with Crippen molar-refractivity contribution in [2.45, 2.75) is 6.92 Å². The molecule has 0 spiro atoms. The molecule has 0 atom stereocenters. The van der Waals surface area contributed by atoms with Crippen molar-refractivity contribution in [2.75, 3.05) is 13.2 Å². The lowest BCUT2D eigenvalue weighted by Crippen LogP contribution is -2.36. The molecule has 1 aliphatic heterocycles. The number of nitrogens with zero attached hydrogens (tertiary/aromatic N) is 1. The summed E-state index contributed by atoms with van der Waals surface area (Å²) >= 11 is 8.55. The second-order valence-corrected chi connectivity index (χ2v) is 8.99. The van der Waals surface area contributed by atoms with Crippen molar-refractivity contribution >= 4 is 75.1 Å². The molecule has 1 heterocycles. The Hall–Kier alpha value is -2.57. The highest BCUT2D eigenvalue weighted by Gasteiger charge is 2.36. The molecule has 0 aliphatic carbocycles. The second-order valence-electron chi connectivity index (χ2n) is 6.39. The highest BCUT2D eigenvalue weighted by Crippen LogP contribution is 2.37. The summed E-state index contributed by atoms with van der Waals surface area (Å²) in [5.41, 5.74) is 5.96. The van der Waals surface area contributed by atoms with E-state index in [1.165, 1.54) is 6.08 Å². The van der Waals surface area contributed by atoms with Gasteiger partial charge in [-0.25, -0.2) is 4.79 Å². The summed E-state index contributed by atoms with van der Waals surface area (Å²) in [4.78, 5) is 49.0. The Morgan fingerprint density at radius 3 is 2.53 bits per heavy atom. The molecule has 32 heavy (non-hydrogen) atoms. The summed E-state index contributed by atoms with van der Waals surface area (Å²) in [6.45, 7) is 1.60. The van der Waals surface area contributed by atoms with Crippen LogP contribution in [0.2, 0.25) is 5.02 Å². The summed E-state index contributed by atoms with van der Waals surface area (Å²) in [6.07, 6.45) is 1.50. The van der Waals surface area contributed by atoms with Crippen LogP contribution in [0.4, 0.5) is 4.79 Å². The van der Waals surface area contributed by atoms with E-state index in [4.69, 9.17) is 26.8 Å². The third-order valence-electron chi connectivity index (χ3n) is 4.09. The van der Waals surface area contributed by atoms with Crippen LogP contribution in [0.15, 0.2) is 41.3 Å². The SMILES string of the molecule is CCOc1cc(/C=C2\SC(=O)N(CC(N)=O)C2=O)cc(I)c1OC(=O)c1ccc(Cl)cc1. The van der Waals surface area contributed by atoms with E-state index in [9.17, 15) is 19.2 Å². The number of imide groups is 1. The van der Waals surface area contributed by atoms with Gasteiger partial charge in [0.15, 0.2) is 11.5 Å². The molecule has 2 aromatic rings. The third-order valence-corrected chi connectivity index (χ3v) is 6.05. The molecule has 11 heteroatoms. The molecule has 1 aliphatic rings. The predicted octanol–water partition coefficient (Wildman–Crippen LogP) is 4.08. The number of hydrogen-bond donors (Lipinski definition) is 1. The van der Waals surface area contributed by atoms with E-state index in [0.29, 0.717) is 43.8 Å². The summed E-state index contributed by atoms with van der Waals surface area (Å²) in [5.74, 6) is -1.45. The fraction of sp³-hybridized carbons (Fsp3) is 0.143. The van der Waals surface area contributed by atoms with E-state index in [-0.39, 0.29) is 10.7 Å². The zero-order valence-electron chi connectivity index (χ0n) is 16.6. The average Bonchev–Trinajstić information content (AvgIpc) is 2.98. The van der Waals surface area contributed by atoms with Crippen LogP contribution in [0, 0.1) is 3.57 Å². The number of benzene rings is 2. The van der Waals surface area contributed by atoms with Gasteiger partial charge < -0.3 is 15.2 Å². The maximum Gasteiger partial charge on any atom is 0.343 e. The van der Waals surface area contributed by atoms with E-state index in [1.54, 1.807) is 43.3 Å². The Morgan fingerprint density at radius 1 is 1.22 bits per heavy atom. The fourth-order valence-corrected chi connectivity index (χ4v) is 4.41. The van der Waals surface area contributed by atoms with Crippen LogP contribution >= 0.6 is 46.0 Å². The van der Waals surface area contributed by atoms with E-state index >= 15 is 0 Å². The van der Waals surface area contributed by atoms with Gasteiger partial charge in [0, 0.05) is 5.02 Å². The van der Waals surface area contributed by atoms with Gasteiger partial charge in [-0.15, -0.1) is 0 Å². The van der Waals surface area contributed by atoms with Crippen LogP contribution in [0.25, 0.3) is 6.08 Å². The van der Waals surface area contributed by atoms with Crippen molar-refractivity contribution in [1.29, 1.82) is 0 Å². The van der Waals surface area contributed by atoms with Crippen LogP contribution in [-0.4, -0.2) is 41.1 Å². The van der Waals surface area contributed by atoms with Crippen LogP contribution < -0.4 is 15.2 Å². The van der Waals surface area contributed by atoms with E-state index in [2.05, 4.69) is 0 Å². The molecule has 1 fully saturated rings. The maximum atomic E-state index is 12.5. The second kappa shape index (κ2) is 10.4. The molecule has 2 aromatic carbocycles. The lowest BCUT2D eigenvalue weighted by atomic mass is 10.1. The Bertz CT molecular complexity index is 1140. The predicted molar refractivity (Wildman–Crippen MR) is 129 cm³/mol. The van der Waals surface area contributed by atoms with Gasteiger partial charge in [0.1, 0.15) is 6.54 Å². The van der Waals surface area contributed by atoms with Gasteiger partial charge in [-0.05, 0) is 89.3 Å². The Balaban J connectivity index is 1.90. The highest BCUT2D eigenvalue weighted by atomic mass is 127. The van der Waals surface area contributed by atoms with Gasteiger partial charge in [-0.1, -0.05) is 11.6 Å². The molecule has 3 amide bonds. The Kier molecular flexibility index (Phi) is 7.80. The van der Waals surface area contributed by atoms with Crippen LogP contribution in [0.1, 0.15) is 22.8 Å². The molecule has 0 unspecified atom stereocenters. The molecular formula is C21H16ClIN2O6S. The van der Waals surface area contributed by atoms with Crippen molar-refractivity contribution in [3.63, 3.8) is 0 Å². The standard InChI is InChI=1S/C21H16ClIN2O6S/c1-2-30-15-8-11(9-16-19(27)25(10-17(24)26)21(29)32-16)7-14(23)18(15)31-20(28)12-3-5-13(22)6-4-12/h3-9H,2,10H2,1H3,(H2,24,26)/b16-9-. The number of nitrogens with two attached hydrogens (primary N) is 1. The summed E-state index contributed by atoms with van der Waals surface area (Å²) in [6, 6.07) is 9.54. The lowest BCUT2D eigenvalue weighted by molar-refractivity contribution is -0.127. The van der Waals surface area contributed by atoms with Crippen molar-refractivity contribution in [1.82, 2.24) is 4.90 Å². The Labute approximate surface area is 206 Å². The number of carbonyl (C=O) groups is 4. The maximum absolute atomic E-state index is 12.5. The number of amides is 3. The van der Waals surface area contributed by atoms with Crippen LogP contribution in [-0.2, 0) is 9.59 Å². The molecule has 2 N–H and O–H groups in total. The van der Waals surface area contributed by atoms with Gasteiger partial charge in [0.25, 0.3) is 11.1 Å². The highest BCUT2D eigenvalue weighted by molar-refractivity contribution is 14.1. The van der Waals surface area contributed by atoms with Gasteiger partial charge in [0.05, 0.1) is 20.6 Å². The number of esters is 1. The van der Waals surface area contributed by atoms with Gasteiger partial charge in [-0.2, -0.15) is 0 Å². The first-order chi connectivity index (χ1) is 15.2. The lowest BCUT2D eigenvalue weighted by Gasteiger charge is -2.14. The largest absolute Gasteiger partial charge is 0.490 e. The number of ether oxygens (including phenoxy) is 2. The molecule has 0 saturated carbocycles. The summed E-state index contributed by atoms with van der Waals surface area (Å²) < 4.78 is 11.7. The van der Waals surface area contributed by atoms with Crippen LogP contribution in [0.5, 0.6) is 11.5 Å². The van der Waals surface area contributed by atoms with Crippen molar-refractivity contribution < 1.29 is 28.7 Å². The number of rotatable bonds is 7. The zero-order valence-corrected chi connectivity index (χ0v) is 20.3. The minimum atomic E-state index is -0.784. The third kappa shape index (κ3) is 5.61. The van der Waals surface area contributed by atoms with Crippen molar-refractivity contribution in [3.05, 3.63) is 61.0 Å². The molecule has 8 nitrogen and oxygen atoms in total. The van der Waals surface area contributed by atoms with E-state index in [0.717, 1.165) is 4.90 Å². The summed E-state index contributed by atoms with van der Waals surface area (Å²) in [5, 5.41) is -0.0796. The van der Waals surface area contributed by atoms with Gasteiger partial charge >= 0.3 is 5.97 Å². The first kappa shape index (κ1) is 24.1. The number of thioether (sulfide) groups is 1. The zero-order chi connectivity index (χ0) is 23.4. The quantitative estimate of drug-likeness (QED) is 0.225. The minimum Gasteiger partial charge on any atom is -0.490 e. The number of halogens is 2. The number of hydrogen-bond acceptors (Lipinski definition) is 7. The van der Waals surface area contributed by atoms with Gasteiger partial charge in [0.2, 0.25) is 5.91 Å². The fourth-order valence-electron chi connectivity index (χ4n) is 2.71. The first-order valence-electron chi connectivity index (χ1n) is 9.17. The van der Waals surface area contributed by atoms with E-state index < -0.39 is 29.6 Å². The molecule has 1 saturated heterocycles. The van der Waals surface area contributed by atoms with Crippen LogP contribution in [0.3, 0.4) is 0 Å². The Morgan fingerprint density at radius 2 is 1.91 bits per heavy atom. The van der Waals surface area contributed by atoms with Gasteiger partial charge in [-0.3, -0.25) is 19.3 Å². The number of primary amides is 1. The summed E-state index contributed by atoms with van der Waals surface area (Å²) in [7, 11) is 0. The first-order valence-corrected chi connectivity index (χ1v) is 11.4. The number of carbonyl (C=O) groups excluding carboxylic acids is 4.